The Hall–Kier alpha value is -2.39. The zero-order chi connectivity index (χ0) is 16.5. The van der Waals surface area contributed by atoms with Crippen LogP contribution in [0.15, 0.2) is 66.7 Å². The van der Waals surface area contributed by atoms with Crippen LogP contribution < -0.4 is 5.73 Å². The largest absolute Gasteiger partial charge is 0.465 e. The normalized spacial score (nSPS) is 13.7. The third-order valence-electron chi connectivity index (χ3n) is 3.64. The Kier molecular flexibility index (Phi) is 6.12. The minimum Gasteiger partial charge on any atom is -0.465 e. The molecule has 0 aromatic heterocycles. The van der Waals surface area contributed by atoms with Crippen LogP contribution in [0.2, 0.25) is 0 Å². The fraction of sp³-hybridized carbons (Fsp3) is 0.250. The summed E-state index contributed by atoms with van der Waals surface area (Å²) in [5, 5.41) is 0. The summed E-state index contributed by atoms with van der Waals surface area (Å²) in [4.78, 5) is 12.3. The predicted molar refractivity (Wildman–Crippen MR) is 93.8 cm³/mol. The summed E-state index contributed by atoms with van der Waals surface area (Å²) < 4.78 is 5.18. The van der Waals surface area contributed by atoms with Crippen LogP contribution in [0, 0.1) is 0 Å². The highest BCUT2D eigenvalue weighted by Crippen LogP contribution is 2.18. The van der Waals surface area contributed by atoms with Gasteiger partial charge in [-0.1, -0.05) is 72.8 Å². The molecular formula is C20H23NO2. The van der Waals surface area contributed by atoms with Gasteiger partial charge in [0.25, 0.3) is 0 Å². The number of esters is 1. The summed E-state index contributed by atoms with van der Waals surface area (Å²) in [6, 6.07) is 19.7. The Morgan fingerprint density at radius 2 is 1.70 bits per heavy atom. The first kappa shape index (κ1) is 17.0. The molecule has 0 aliphatic rings. The number of rotatable bonds is 7. The van der Waals surface area contributed by atoms with Crippen LogP contribution in [-0.4, -0.2) is 18.1 Å². The molecule has 2 aromatic carbocycles. The minimum atomic E-state index is -1.05. The zero-order valence-corrected chi connectivity index (χ0v) is 13.4. The Bertz CT molecular complexity index is 637. The molecule has 3 heteroatoms. The Morgan fingerprint density at radius 3 is 2.30 bits per heavy atom. The first-order valence-electron chi connectivity index (χ1n) is 7.85. The van der Waals surface area contributed by atoms with Crippen molar-refractivity contribution in [2.45, 2.75) is 25.3 Å². The maximum Gasteiger partial charge on any atom is 0.326 e. The SMILES string of the molecule is CCOC(=O)[C@](N)(C/C=C/c1ccccc1)Cc1ccccc1. The molecule has 23 heavy (non-hydrogen) atoms. The molecule has 0 heterocycles. The van der Waals surface area contributed by atoms with Crippen molar-refractivity contribution in [1.82, 2.24) is 0 Å². The molecule has 0 radical (unpaired) electrons. The van der Waals surface area contributed by atoms with Gasteiger partial charge in [-0.15, -0.1) is 0 Å². The van der Waals surface area contributed by atoms with Gasteiger partial charge in [0.05, 0.1) is 6.61 Å². The Morgan fingerprint density at radius 1 is 1.09 bits per heavy atom. The van der Waals surface area contributed by atoms with Gasteiger partial charge in [-0.2, -0.15) is 0 Å². The summed E-state index contributed by atoms with van der Waals surface area (Å²) >= 11 is 0. The average molecular weight is 309 g/mol. The van der Waals surface area contributed by atoms with E-state index in [0.29, 0.717) is 19.4 Å². The van der Waals surface area contributed by atoms with Crippen molar-refractivity contribution in [3.63, 3.8) is 0 Å². The highest BCUT2D eigenvalue weighted by Gasteiger charge is 2.34. The van der Waals surface area contributed by atoms with Crippen molar-refractivity contribution in [2.24, 2.45) is 5.73 Å². The molecule has 3 nitrogen and oxygen atoms in total. The van der Waals surface area contributed by atoms with Crippen molar-refractivity contribution in [2.75, 3.05) is 6.61 Å². The molecule has 0 aliphatic carbocycles. The Labute approximate surface area is 137 Å². The number of benzene rings is 2. The number of hydrogen-bond acceptors (Lipinski definition) is 3. The van der Waals surface area contributed by atoms with Gasteiger partial charge in [-0.3, -0.25) is 4.79 Å². The molecule has 0 spiro atoms. The maximum atomic E-state index is 12.3. The molecular weight excluding hydrogens is 286 g/mol. The second-order valence-electron chi connectivity index (χ2n) is 5.56. The Balaban J connectivity index is 2.13. The van der Waals surface area contributed by atoms with Crippen LogP contribution in [-0.2, 0) is 16.0 Å². The lowest BCUT2D eigenvalue weighted by Crippen LogP contribution is -2.50. The van der Waals surface area contributed by atoms with Gasteiger partial charge in [0.2, 0.25) is 0 Å². The zero-order valence-electron chi connectivity index (χ0n) is 13.4. The van der Waals surface area contributed by atoms with Gasteiger partial charge < -0.3 is 10.5 Å². The van der Waals surface area contributed by atoms with E-state index >= 15 is 0 Å². The van der Waals surface area contributed by atoms with E-state index in [1.807, 2.05) is 72.8 Å². The van der Waals surface area contributed by atoms with Crippen LogP contribution in [0.5, 0.6) is 0 Å². The lowest BCUT2D eigenvalue weighted by Gasteiger charge is -2.26. The van der Waals surface area contributed by atoms with Crippen LogP contribution >= 0.6 is 0 Å². The first-order chi connectivity index (χ1) is 11.1. The van der Waals surface area contributed by atoms with E-state index in [0.717, 1.165) is 11.1 Å². The summed E-state index contributed by atoms with van der Waals surface area (Å²) in [6.07, 6.45) is 4.79. The maximum absolute atomic E-state index is 12.3. The lowest BCUT2D eigenvalue weighted by atomic mass is 9.88. The second kappa shape index (κ2) is 8.30. The molecule has 2 N–H and O–H groups in total. The van der Waals surface area contributed by atoms with Gasteiger partial charge in [-0.05, 0) is 24.5 Å². The van der Waals surface area contributed by atoms with E-state index in [2.05, 4.69) is 0 Å². The van der Waals surface area contributed by atoms with Crippen molar-refractivity contribution < 1.29 is 9.53 Å². The van der Waals surface area contributed by atoms with E-state index in [4.69, 9.17) is 10.5 Å². The molecule has 0 unspecified atom stereocenters. The number of carbonyl (C=O) groups is 1. The van der Waals surface area contributed by atoms with Gasteiger partial charge >= 0.3 is 5.97 Å². The fourth-order valence-corrected chi connectivity index (χ4v) is 2.43. The molecule has 2 aromatic rings. The third-order valence-corrected chi connectivity index (χ3v) is 3.64. The van der Waals surface area contributed by atoms with E-state index in [1.54, 1.807) is 6.92 Å². The monoisotopic (exact) mass is 309 g/mol. The third kappa shape index (κ3) is 5.08. The topological polar surface area (TPSA) is 52.3 Å². The molecule has 2 rings (SSSR count). The molecule has 0 amide bonds. The van der Waals surface area contributed by atoms with Crippen LogP contribution in [0.25, 0.3) is 6.08 Å². The molecule has 0 saturated heterocycles. The van der Waals surface area contributed by atoms with E-state index in [9.17, 15) is 4.79 Å². The summed E-state index contributed by atoms with van der Waals surface area (Å²) in [6.45, 7) is 2.12. The molecule has 0 bridgehead atoms. The van der Waals surface area contributed by atoms with Crippen LogP contribution in [0.3, 0.4) is 0 Å². The highest BCUT2D eigenvalue weighted by molar-refractivity contribution is 5.81. The van der Waals surface area contributed by atoms with Crippen molar-refractivity contribution in [3.8, 4) is 0 Å². The summed E-state index contributed by atoms with van der Waals surface area (Å²) in [5.74, 6) is -0.360. The molecule has 1 atom stereocenters. The lowest BCUT2D eigenvalue weighted by molar-refractivity contribution is -0.149. The quantitative estimate of drug-likeness (QED) is 0.795. The van der Waals surface area contributed by atoms with Gasteiger partial charge in [0, 0.05) is 6.42 Å². The number of nitrogens with two attached hydrogens (primary N) is 1. The second-order valence-corrected chi connectivity index (χ2v) is 5.56. The molecule has 0 aliphatic heterocycles. The number of ether oxygens (including phenoxy) is 1. The van der Waals surface area contributed by atoms with Crippen molar-refractivity contribution in [1.29, 1.82) is 0 Å². The first-order valence-corrected chi connectivity index (χ1v) is 7.85. The van der Waals surface area contributed by atoms with Crippen molar-refractivity contribution in [3.05, 3.63) is 77.9 Å². The van der Waals surface area contributed by atoms with Gasteiger partial charge in [-0.25, -0.2) is 0 Å². The predicted octanol–water partition coefficient (Wildman–Crippen LogP) is 3.59. The standard InChI is InChI=1S/C20H23NO2/c1-2-23-19(22)20(21,16-18-12-7-4-8-13-18)15-9-14-17-10-5-3-6-11-17/h3-14H,2,15-16,21H2,1H3/b14-9+/t20-/m0/s1. The molecule has 0 fully saturated rings. The fourth-order valence-electron chi connectivity index (χ4n) is 2.43. The smallest absolute Gasteiger partial charge is 0.326 e. The van der Waals surface area contributed by atoms with Crippen LogP contribution in [0.1, 0.15) is 24.5 Å². The summed E-state index contributed by atoms with van der Waals surface area (Å²) in [5.41, 5.74) is 7.45. The average Bonchev–Trinajstić information content (AvgIpc) is 2.57. The minimum absolute atomic E-state index is 0.328. The highest BCUT2D eigenvalue weighted by atomic mass is 16.5. The molecule has 0 saturated carbocycles. The molecule has 120 valence electrons. The number of hydrogen-bond donors (Lipinski definition) is 1. The van der Waals surface area contributed by atoms with Crippen LogP contribution in [0.4, 0.5) is 0 Å². The van der Waals surface area contributed by atoms with E-state index < -0.39 is 5.54 Å². The van der Waals surface area contributed by atoms with E-state index in [1.165, 1.54) is 0 Å². The summed E-state index contributed by atoms with van der Waals surface area (Å²) in [7, 11) is 0. The number of carbonyl (C=O) groups excluding carboxylic acids is 1. The van der Waals surface area contributed by atoms with Gasteiger partial charge in [0.15, 0.2) is 0 Å². The van der Waals surface area contributed by atoms with Crippen molar-refractivity contribution >= 4 is 12.0 Å². The van der Waals surface area contributed by atoms with Gasteiger partial charge in [0.1, 0.15) is 5.54 Å². The van der Waals surface area contributed by atoms with E-state index in [-0.39, 0.29) is 5.97 Å².